The lowest BCUT2D eigenvalue weighted by molar-refractivity contribution is -0.115. The Balaban J connectivity index is 2.12. The number of amides is 1. The van der Waals surface area contributed by atoms with Gasteiger partial charge in [0.15, 0.2) is 5.82 Å². The Bertz CT molecular complexity index is 1370. The predicted octanol–water partition coefficient (Wildman–Crippen LogP) is 3.46. The summed E-state index contributed by atoms with van der Waals surface area (Å²) in [6, 6.07) is 3.61. The predicted molar refractivity (Wildman–Crippen MR) is 144 cm³/mol. The molecule has 3 rings (SSSR count). The summed E-state index contributed by atoms with van der Waals surface area (Å²) >= 11 is 6.70. The third-order valence-corrected chi connectivity index (χ3v) is 5.83. The average molecular weight is 525 g/mol. The number of nitrogens with zero attached hydrogens (tertiary/aromatic N) is 4. The smallest absolute Gasteiger partial charge is 0.247 e. The number of rotatable bonds is 11. The SMILES string of the molecule is C=CC(=O)NC(=CN)C(=NCCOC)c1ncc2cc(-c3c(Cl)c(OC)cc(OC)c3CC)ncc2n1. The first-order chi connectivity index (χ1) is 17.9. The van der Waals surface area contributed by atoms with Crippen LogP contribution in [0.1, 0.15) is 18.3 Å². The van der Waals surface area contributed by atoms with Gasteiger partial charge in [-0.15, -0.1) is 0 Å². The second-order valence-corrected chi connectivity index (χ2v) is 8.00. The number of hydrogen-bond donors (Lipinski definition) is 2. The topological polar surface area (TPSA) is 134 Å². The number of benzene rings is 1. The van der Waals surface area contributed by atoms with Gasteiger partial charge in [0.1, 0.15) is 17.2 Å². The molecule has 0 saturated carbocycles. The second kappa shape index (κ2) is 12.8. The third kappa shape index (κ3) is 6.04. The van der Waals surface area contributed by atoms with E-state index in [1.165, 1.54) is 6.20 Å². The molecule has 0 fully saturated rings. The van der Waals surface area contributed by atoms with Gasteiger partial charge in [-0.05, 0) is 18.6 Å². The van der Waals surface area contributed by atoms with E-state index >= 15 is 0 Å². The largest absolute Gasteiger partial charge is 0.496 e. The fraction of sp³-hybridized carbons (Fsp3) is 0.269. The van der Waals surface area contributed by atoms with Crippen LogP contribution in [0.4, 0.5) is 0 Å². The lowest BCUT2D eigenvalue weighted by atomic mass is 9.99. The lowest BCUT2D eigenvalue weighted by Gasteiger charge is -2.17. The number of allylic oxidation sites excluding steroid dienone is 1. The lowest BCUT2D eigenvalue weighted by Crippen LogP contribution is -2.28. The van der Waals surface area contributed by atoms with Crippen LogP contribution < -0.4 is 20.5 Å². The summed E-state index contributed by atoms with van der Waals surface area (Å²) in [5.41, 5.74) is 9.13. The van der Waals surface area contributed by atoms with Crippen LogP contribution >= 0.6 is 11.6 Å². The van der Waals surface area contributed by atoms with E-state index in [1.54, 1.807) is 39.8 Å². The number of methoxy groups -OCH3 is 3. The summed E-state index contributed by atoms with van der Waals surface area (Å²) < 4.78 is 16.1. The van der Waals surface area contributed by atoms with Crippen LogP contribution in [-0.2, 0) is 16.0 Å². The van der Waals surface area contributed by atoms with Crippen LogP contribution in [0.2, 0.25) is 5.02 Å². The molecule has 3 aromatic rings. The molecule has 0 bridgehead atoms. The molecular weight excluding hydrogens is 496 g/mol. The van der Waals surface area contributed by atoms with Gasteiger partial charge in [-0.2, -0.15) is 0 Å². The van der Waals surface area contributed by atoms with E-state index in [0.29, 0.717) is 58.6 Å². The molecule has 2 heterocycles. The van der Waals surface area contributed by atoms with Crippen LogP contribution in [0.5, 0.6) is 11.5 Å². The van der Waals surface area contributed by atoms with Gasteiger partial charge in [0, 0.05) is 42.1 Å². The molecule has 0 atom stereocenters. The summed E-state index contributed by atoms with van der Waals surface area (Å²) in [5, 5.41) is 3.79. The number of fused-ring (bicyclic) bond motifs is 1. The van der Waals surface area contributed by atoms with Crippen molar-refractivity contribution in [2.75, 3.05) is 34.5 Å². The van der Waals surface area contributed by atoms with Crippen molar-refractivity contribution in [3.63, 3.8) is 0 Å². The summed E-state index contributed by atoms with van der Waals surface area (Å²) in [4.78, 5) is 30.2. The van der Waals surface area contributed by atoms with Gasteiger partial charge in [-0.3, -0.25) is 14.8 Å². The Morgan fingerprint density at radius 2 is 1.95 bits per heavy atom. The normalized spacial score (nSPS) is 11.9. The summed E-state index contributed by atoms with van der Waals surface area (Å²) in [6.07, 6.45) is 6.30. The van der Waals surface area contributed by atoms with Crippen LogP contribution in [0.15, 0.2) is 54.1 Å². The zero-order valence-electron chi connectivity index (χ0n) is 21.2. The Labute approximate surface area is 220 Å². The third-order valence-electron chi connectivity index (χ3n) is 5.46. The van der Waals surface area contributed by atoms with Crippen molar-refractivity contribution < 1.29 is 19.0 Å². The number of hydrogen-bond acceptors (Lipinski definition) is 9. The first kappa shape index (κ1) is 27.6. The summed E-state index contributed by atoms with van der Waals surface area (Å²) in [7, 11) is 4.72. The number of nitrogens with two attached hydrogens (primary N) is 1. The maximum atomic E-state index is 11.9. The summed E-state index contributed by atoms with van der Waals surface area (Å²) in [5.74, 6) is 0.959. The molecule has 0 radical (unpaired) electrons. The van der Waals surface area contributed by atoms with Crippen LogP contribution in [-0.4, -0.2) is 61.1 Å². The van der Waals surface area contributed by atoms with Gasteiger partial charge in [0.2, 0.25) is 5.91 Å². The molecule has 11 heteroatoms. The van der Waals surface area contributed by atoms with Gasteiger partial charge in [-0.25, -0.2) is 9.97 Å². The molecule has 0 aliphatic carbocycles. The Hall–Kier alpha value is -4.02. The molecule has 37 heavy (non-hydrogen) atoms. The minimum atomic E-state index is -0.444. The minimum absolute atomic E-state index is 0.243. The van der Waals surface area contributed by atoms with E-state index in [0.717, 1.165) is 17.0 Å². The van der Waals surface area contributed by atoms with Crippen LogP contribution in [0.3, 0.4) is 0 Å². The van der Waals surface area contributed by atoms with E-state index in [4.69, 9.17) is 31.5 Å². The highest BCUT2D eigenvalue weighted by atomic mass is 35.5. The number of pyridine rings is 1. The monoisotopic (exact) mass is 524 g/mol. The molecule has 10 nitrogen and oxygen atoms in total. The number of aromatic nitrogens is 3. The minimum Gasteiger partial charge on any atom is -0.496 e. The quantitative estimate of drug-likeness (QED) is 0.221. The number of carbonyl (C=O) groups excluding carboxylic acids is 1. The molecule has 0 spiro atoms. The van der Waals surface area contributed by atoms with Gasteiger partial charge >= 0.3 is 0 Å². The number of ether oxygens (including phenoxy) is 3. The summed E-state index contributed by atoms with van der Waals surface area (Å²) in [6.45, 7) is 6.15. The zero-order chi connectivity index (χ0) is 26.9. The zero-order valence-corrected chi connectivity index (χ0v) is 21.9. The van der Waals surface area contributed by atoms with Crippen molar-refractivity contribution in [3.8, 4) is 22.8 Å². The Kier molecular flexibility index (Phi) is 9.53. The van der Waals surface area contributed by atoms with E-state index in [2.05, 4.69) is 31.8 Å². The highest BCUT2D eigenvalue weighted by Gasteiger charge is 2.21. The number of aliphatic imine (C=N–C) groups is 1. The van der Waals surface area contributed by atoms with Crippen molar-refractivity contribution in [3.05, 3.63) is 65.5 Å². The van der Waals surface area contributed by atoms with E-state index in [1.807, 2.05) is 13.0 Å². The van der Waals surface area contributed by atoms with Crippen molar-refractivity contribution in [2.45, 2.75) is 13.3 Å². The first-order valence-electron chi connectivity index (χ1n) is 11.4. The van der Waals surface area contributed by atoms with E-state index in [-0.39, 0.29) is 11.5 Å². The molecule has 0 aliphatic rings. The molecule has 0 unspecified atom stereocenters. The Morgan fingerprint density at radius 3 is 2.57 bits per heavy atom. The molecule has 1 amide bonds. The molecular formula is C26H29ClN6O4. The second-order valence-electron chi connectivity index (χ2n) is 7.62. The number of nitrogens with one attached hydrogen (secondary N) is 1. The molecule has 2 aromatic heterocycles. The van der Waals surface area contributed by atoms with E-state index < -0.39 is 5.91 Å². The average Bonchev–Trinajstić information content (AvgIpc) is 2.93. The standard InChI is InChI=1S/C26H29ClN6O4/c1-6-16-20(36-4)11-21(37-5)24(27)23(16)17-10-15-13-31-26(33-19(15)14-30-17)25(29-8-9-35-3)18(12-28)32-22(34)7-2/h7,10-14H,2,6,8-9,28H2,1,3-5H3,(H,32,34). The van der Waals surface area contributed by atoms with Gasteiger partial charge in [-0.1, -0.05) is 25.1 Å². The van der Waals surface area contributed by atoms with E-state index in [9.17, 15) is 4.79 Å². The maximum absolute atomic E-state index is 11.9. The van der Waals surface area contributed by atoms with Gasteiger partial charge < -0.3 is 25.3 Å². The van der Waals surface area contributed by atoms with Crippen LogP contribution in [0, 0.1) is 0 Å². The molecule has 194 valence electrons. The van der Waals surface area contributed by atoms with Crippen molar-refractivity contribution >= 4 is 34.1 Å². The highest BCUT2D eigenvalue weighted by molar-refractivity contribution is 6.35. The van der Waals surface area contributed by atoms with Crippen molar-refractivity contribution in [2.24, 2.45) is 10.7 Å². The molecule has 0 aliphatic heterocycles. The highest BCUT2D eigenvalue weighted by Crippen LogP contribution is 2.43. The van der Waals surface area contributed by atoms with Gasteiger partial charge in [0.25, 0.3) is 0 Å². The molecule has 1 aromatic carbocycles. The number of carbonyl (C=O) groups is 1. The fourth-order valence-electron chi connectivity index (χ4n) is 3.67. The molecule has 3 N–H and O–H groups in total. The first-order valence-corrected chi connectivity index (χ1v) is 11.8. The Morgan fingerprint density at radius 1 is 1.19 bits per heavy atom. The maximum Gasteiger partial charge on any atom is 0.247 e. The van der Waals surface area contributed by atoms with Crippen LogP contribution in [0.25, 0.3) is 22.2 Å². The molecule has 0 saturated heterocycles. The van der Waals surface area contributed by atoms with Crippen molar-refractivity contribution in [1.29, 1.82) is 0 Å². The number of halogens is 1. The fourth-order valence-corrected chi connectivity index (χ4v) is 4.01. The van der Waals surface area contributed by atoms with Crippen molar-refractivity contribution in [1.82, 2.24) is 20.3 Å². The van der Waals surface area contributed by atoms with Gasteiger partial charge in [0.05, 0.1) is 55.5 Å².